The topological polar surface area (TPSA) is 65.2 Å². The average molecular weight is 325 g/mol. The molecule has 0 saturated carbocycles. The van der Waals surface area contributed by atoms with Crippen LogP contribution in [0.15, 0.2) is 35.3 Å². The molecule has 2 aliphatic rings. The summed E-state index contributed by atoms with van der Waals surface area (Å²) in [5.41, 5.74) is 0.454. The van der Waals surface area contributed by atoms with Gasteiger partial charge in [0.15, 0.2) is 0 Å². The van der Waals surface area contributed by atoms with Gasteiger partial charge in [0, 0.05) is 36.1 Å². The number of fused-ring (bicyclic) bond motifs is 1. The van der Waals surface area contributed by atoms with Gasteiger partial charge in [0.2, 0.25) is 0 Å². The van der Waals surface area contributed by atoms with Crippen molar-refractivity contribution in [3.05, 3.63) is 46.4 Å². The number of nitrogens with zero attached hydrogens (tertiary/aromatic N) is 1. The van der Waals surface area contributed by atoms with Crippen LogP contribution in [0.25, 0.3) is 10.8 Å². The summed E-state index contributed by atoms with van der Waals surface area (Å²) in [7, 11) is 0. The first-order valence-electron chi connectivity index (χ1n) is 8.87. The predicted octanol–water partition coefficient (Wildman–Crippen LogP) is 2.13. The highest BCUT2D eigenvalue weighted by atomic mass is 16.2. The fourth-order valence-corrected chi connectivity index (χ4v) is 4.18. The smallest absolute Gasteiger partial charge is 0.255 e. The van der Waals surface area contributed by atoms with Gasteiger partial charge < -0.3 is 15.2 Å². The molecule has 2 N–H and O–H groups in total. The molecular weight excluding hydrogens is 302 g/mol. The predicted molar refractivity (Wildman–Crippen MR) is 94.2 cm³/mol. The van der Waals surface area contributed by atoms with E-state index in [1.165, 1.54) is 12.8 Å². The normalized spacial score (nSPS) is 22.2. The van der Waals surface area contributed by atoms with E-state index in [-0.39, 0.29) is 11.5 Å². The number of carbonyl (C=O) groups is 1. The molecular formula is C19H23N3O2. The summed E-state index contributed by atoms with van der Waals surface area (Å²) in [6.45, 7) is 2.73. The number of likely N-dealkylation sites (tertiary alicyclic amines) is 1. The second kappa shape index (κ2) is 6.40. The van der Waals surface area contributed by atoms with Gasteiger partial charge in [-0.1, -0.05) is 18.2 Å². The molecule has 0 radical (unpaired) electrons. The molecule has 2 aromatic rings. The Kier molecular flexibility index (Phi) is 4.10. The number of hydrogen-bond donors (Lipinski definition) is 2. The molecule has 2 saturated heterocycles. The molecule has 1 atom stereocenters. The third kappa shape index (κ3) is 2.73. The van der Waals surface area contributed by atoms with Gasteiger partial charge >= 0.3 is 0 Å². The van der Waals surface area contributed by atoms with Crippen molar-refractivity contribution in [2.75, 3.05) is 19.6 Å². The maximum Gasteiger partial charge on any atom is 0.255 e. The number of pyridine rings is 1. The van der Waals surface area contributed by atoms with Crippen molar-refractivity contribution in [1.82, 2.24) is 15.2 Å². The molecule has 5 nitrogen and oxygen atoms in total. The third-order valence-electron chi connectivity index (χ3n) is 5.53. The minimum Gasteiger partial charge on any atom is -0.339 e. The molecule has 2 aliphatic heterocycles. The van der Waals surface area contributed by atoms with Crippen LogP contribution in [0.2, 0.25) is 0 Å². The minimum atomic E-state index is -0.145. The van der Waals surface area contributed by atoms with Crippen LogP contribution in [-0.2, 0) is 0 Å². The van der Waals surface area contributed by atoms with Crippen LogP contribution in [0.5, 0.6) is 0 Å². The Labute approximate surface area is 141 Å². The number of piperidine rings is 1. The molecule has 24 heavy (non-hydrogen) atoms. The van der Waals surface area contributed by atoms with Crippen molar-refractivity contribution in [2.45, 2.75) is 31.7 Å². The molecule has 0 bridgehead atoms. The fraction of sp³-hybridized carbons (Fsp3) is 0.474. The zero-order valence-corrected chi connectivity index (χ0v) is 13.8. The number of nitrogens with one attached hydrogen (secondary N) is 2. The number of aromatic nitrogens is 1. The molecule has 4 rings (SSSR count). The molecule has 1 unspecified atom stereocenters. The number of aromatic amines is 1. The van der Waals surface area contributed by atoms with Crippen LogP contribution in [-0.4, -0.2) is 41.5 Å². The summed E-state index contributed by atoms with van der Waals surface area (Å²) in [4.78, 5) is 29.5. The molecule has 3 heterocycles. The molecule has 0 spiro atoms. The van der Waals surface area contributed by atoms with E-state index in [1.807, 2.05) is 23.1 Å². The number of hydrogen-bond acceptors (Lipinski definition) is 3. The number of amides is 1. The lowest BCUT2D eigenvalue weighted by Gasteiger charge is -2.35. The largest absolute Gasteiger partial charge is 0.339 e. The van der Waals surface area contributed by atoms with E-state index in [1.54, 1.807) is 12.3 Å². The summed E-state index contributed by atoms with van der Waals surface area (Å²) in [5.74, 6) is 0.712. The minimum absolute atomic E-state index is 0.0280. The summed E-state index contributed by atoms with van der Waals surface area (Å²) < 4.78 is 0. The van der Waals surface area contributed by atoms with Gasteiger partial charge in [0.05, 0.1) is 5.56 Å². The second-order valence-electron chi connectivity index (χ2n) is 6.91. The van der Waals surface area contributed by atoms with Crippen LogP contribution < -0.4 is 10.9 Å². The van der Waals surface area contributed by atoms with Gasteiger partial charge in [0.1, 0.15) is 0 Å². The number of H-pyrrole nitrogens is 1. The van der Waals surface area contributed by atoms with Crippen LogP contribution in [0.3, 0.4) is 0 Å². The maximum atomic E-state index is 12.9. The van der Waals surface area contributed by atoms with Gasteiger partial charge in [-0.2, -0.15) is 0 Å². The first-order chi connectivity index (χ1) is 11.7. The zero-order valence-electron chi connectivity index (χ0n) is 13.8. The summed E-state index contributed by atoms with van der Waals surface area (Å²) in [5, 5.41) is 4.91. The number of carbonyl (C=O) groups excluding carboxylic acids is 1. The monoisotopic (exact) mass is 325 g/mol. The molecule has 2 fully saturated rings. The highest BCUT2D eigenvalue weighted by molar-refractivity contribution is 6.06. The van der Waals surface area contributed by atoms with Gasteiger partial charge in [0.25, 0.3) is 11.5 Å². The van der Waals surface area contributed by atoms with Gasteiger partial charge in [-0.05, 0) is 44.2 Å². The highest BCUT2D eigenvalue weighted by Crippen LogP contribution is 2.27. The van der Waals surface area contributed by atoms with Crippen molar-refractivity contribution in [3.63, 3.8) is 0 Å². The Morgan fingerprint density at radius 1 is 1.08 bits per heavy atom. The fourth-order valence-electron chi connectivity index (χ4n) is 4.18. The summed E-state index contributed by atoms with van der Waals surface area (Å²) in [6, 6.07) is 7.95. The molecule has 0 aliphatic carbocycles. The van der Waals surface area contributed by atoms with E-state index in [0.29, 0.717) is 22.9 Å². The van der Waals surface area contributed by atoms with Crippen LogP contribution in [0.1, 0.15) is 36.0 Å². The highest BCUT2D eigenvalue weighted by Gasteiger charge is 2.30. The van der Waals surface area contributed by atoms with E-state index in [0.717, 1.165) is 37.9 Å². The van der Waals surface area contributed by atoms with E-state index in [4.69, 9.17) is 0 Å². The van der Waals surface area contributed by atoms with E-state index >= 15 is 0 Å². The SMILES string of the molecule is O=C(c1c[nH]c(=O)c2ccccc12)N1CCC(C2CCCN2)CC1. The quantitative estimate of drug-likeness (QED) is 0.889. The van der Waals surface area contributed by atoms with Crippen LogP contribution >= 0.6 is 0 Å². The molecule has 1 aromatic heterocycles. The Balaban J connectivity index is 1.53. The Morgan fingerprint density at radius 3 is 2.54 bits per heavy atom. The van der Waals surface area contributed by atoms with Gasteiger partial charge in [-0.15, -0.1) is 0 Å². The first-order valence-corrected chi connectivity index (χ1v) is 8.87. The Hall–Kier alpha value is -2.14. The molecule has 1 aromatic carbocycles. The number of rotatable bonds is 2. The average Bonchev–Trinajstić information content (AvgIpc) is 3.17. The summed E-state index contributed by atoms with van der Waals surface area (Å²) in [6.07, 6.45) is 6.23. The van der Waals surface area contributed by atoms with Gasteiger partial charge in [-0.25, -0.2) is 0 Å². The van der Waals surface area contributed by atoms with Crippen LogP contribution in [0, 0.1) is 5.92 Å². The van der Waals surface area contributed by atoms with Crippen molar-refractivity contribution in [2.24, 2.45) is 5.92 Å². The molecule has 1 amide bonds. The van der Waals surface area contributed by atoms with Crippen molar-refractivity contribution < 1.29 is 4.79 Å². The van der Waals surface area contributed by atoms with Crippen molar-refractivity contribution >= 4 is 16.7 Å². The second-order valence-corrected chi connectivity index (χ2v) is 6.91. The zero-order chi connectivity index (χ0) is 16.5. The standard InChI is InChI=1S/C19H23N3O2/c23-18-15-5-2-1-4-14(15)16(12-21-18)19(24)22-10-7-13(8-11-22)17-6-3-9-20-17/h1-2,4-5,12-13,17,20H,3,6-11H2,(H,21,23). The van der Waals surface area contributed by atoms with E-state index in [9.17, 15) is 9.59 Å². The lowest BCUT2D eigenvalue weighted by molar-refractivity contribution is 0.0676. The van der Waals surface area contributed by atoms with E-state index < -0.39 is 0 Å². The van der Waals surface area contributed by atoms with Crippen LogP contribution in [0.4, 0.5) is 0 Å². The lowest BCUT2D eigenvalue weighted by atomic mass is 9.88. The Morgan fingerprint density at radius 2 is 1.83 bits per heavy atom. The third-order valence-corrected chi connectivity index (χ3v) is 5.53. The maximum absolute atomic E-state index is 12.9. The van der Waals surface area contributed by atoms with E-state index in [2.05, 4.69) is 10.3 Å². The Bertz CT molecular complexity index is 800. The molecule has 126 valence electrons. The lowest BCUT2D eigenvalue weighted by Crippen LogP contribution is -2.43. The number of benzene rings is 1. The van der Waals surface area contributed by atoms with Gasteiger partial charge in [-0.3, -0.25) is 9.59 Å². The summed E-state index contributed by atoms with van der Waals surface area (Å²) >= 11 is 0. The first kappa shape index (κ1) is 15.4. The van der Waals surface area contributed by atoms with Crippen molar-refractivity contribution in [1.29, 1.82) is 0 Å². The molecule has 5 heteroatoms. The van der Waals surface area contributed by atoms with Crippen molar-refractivity contribution in [3.8, 4) is 0 Å².